The van der Waals surface area contributed by atoms with Crippen LogP contribution in [-0.4, -0.2) is 9.91 Å². The van der Waals surface area contributed by atoms with Gasteiger partial charge >= 0.3 is 0 Å². The van der Waals surface area contributed by atoms with E-state index in [0.717, 1.165) is 8.95 Å². The minimum Gasteiger partial charge on any atom is -0.397 e. The SMILES string of the molecule is Brc1ccccc1Br.N#Cc1cnc2ccc([N+](=O)[O-])cc2c1N. The Morgan fingerprint density at radius 1 is 1.17 bits per heavy atom. The molecule has 0 spiro atoms. The van der Waals surface area contributed by atoms with Crippen LogP contribution in [0.15, 0.2) is 57.6 Å². The van der Waals surface area contributed by atoms with Gasteiger partial charge in [0, 0.05) is 32.7 Å². The van der Waals surface area contributed by atoms with Crippen molar-refractivity contribution < 1.29 is 4.92 Å². The lowest BCUT2D eigenvalue weighted by molar-refractivity contribution is -0.384. The fourth-order valence-corrected chi connectivity index (χ4v) is 2.41. The Balaban J connectivity index is 0.000000219. The lowest BCUT2D eigenvalue weighted by Crippen LogP contribution is -1.95. The molecule has 2 N–H and O–H groups in total. The van der Waals surface area contributed by atoms with Gasteiger partial charge in [0.2, 0.25) is 0 Å². The van der Waals surface area contributed by atoms with Crippen molar-refractivity contribution in [2.24, 2.45) is 0 Å². The summed E-state index contributed by atoms with van der Waals surface area (Å²) in [6.07, 6.45) is 1.35. The van der Waals surface area contributed by atoms with E-state index in [1.165, 1.54) is 24.4 Å². The number of benzene rings is 2. The third kappa shape index (κ3) is 4.07. The van der Waals surface area contributed by atoms with Crippen molar-refractivity contribution in [2.45, 2.75) is 0 Å². The summed E-state index contributed by atoms with van der Waals surface area (Å²) in [4.78, 5) is 14.1. The number of nitrogens with two attached hydrogens (primary N) is 1. The van der Waals surface area contributed by atoms with Gasteiger partial charge in [-0.05, 0) is 50.1 Å². The first-order valence-electron chi connectivity index (χ1n) is 6.56. The van der Waals surface area contributed by atoms with Gasteiger partial charge in [-0.2, -0.15) is 5.26 Å². The van der Waals surface area contributed by atoms with E-state index in [0.29, 0.717) is 10.9 Å². The maximum absolute atomic E-state index is 10.6. The van der Waals surface area contributed by atoms with Crippen molar-refractivity contribution in [2.75, 3.05) is 5.73 Å². The molecule has 6 nitrogen and oxygen atoms in total. The number of rotatable bonds is 1. The number of non-ortho nitro benzene ring substituents is 1. The molecule has 3 aromatic rings. The molecular weight excluding hydrogens is 440 g/mol. The minimum absolute atomic E-state index is 0.0731. The molecule has 0 aliphatic rings. The second-order valence-corrected chi connectivity index (χ2v) is 6.28. The zero-order valence-electron chi connectivity index (χ0n) is 12.1. The van der Waals surface area contributed by atoms with Gasteiger partial charge in [-0.3, -0.25) is 15.1 Å². The Morgan fingerprint density at radius 2 is 1.79 bits per heavy atom. The highest BCUT2D eigenvalue weighted by Crippen LogP contribution is 2.26. The summed E-state index contributed by atoms with van der Waals surface area (Å²) in [5.41, 5.74) is 6.60. The molecule has 0 bridgehead atoms. The Hall–Kier alpha value is -2.50. The Morgan fingerprint density at radius 3 is 2.29 bits per heavy atom. The number of aromatic nitrogens is 1. The van der Waals surface area contributed by atoms with Crippen molar-refractivity contribution >= 4 is 54.1 Å². The molecule has 8 heteroatoms. The van der Waals surface area contributed by atoms with Gasteiger partial charge in [0.05, 0.1) is 21.7 Å². The molecule has 0 amide bonds. The second kappa shape index (κ2) is 7.86. The second-order valence-electron chi connectivity index (χ2n) is 4.57. The Kier molecular flexibility index (Phi) is 5.84. The number of nitriles is 1. The van der Waals surface area contributed by atoms with Crippen LogP contribution in [0.1, 0.15) is 5.56 Å². The molecule has 120 valence electrons. The number of anilines is 1. The van der Waals surface area contributed by atoms with Gasteiger partial charge in [0.1, 0.15) is 6.07 Å². The maximum Gasteiger partial charge on any atom is 0.270 e. The molecule has 0 radical (unpaired) electrons. The van der Waals surface area contributed by atoms with Gasteiger partial charge in [0.15, 0.2) is 0 Å². The molecule has 0 fully saturated rings. The van der Waals surface area contributed by atoms with Crippen LogP contribution in [0.5, 0.6) is 0 Å². The molecule has 0 saturated heterocycles. The molecule has 3 rings (SSSR count). The summed E-state index contributed by atoms with van der Waals surface area (Å²) in [6.45, 7) is 0. The van der Waals surface area contributed by atoms with Crippen molar-refractivity contribution in [3.8, 4) is 6.07 Å². The first-order chi connectivity index (χ1) is 11.4. The van der Waals surface area contributed by atoms with Crippen LogP contribution in [0.2, 0.25) is 0 Å². The molecule has 0 atom stereocenters. The lowest BCUT2D eigenvalue weighted by Gasteiger charge is -2.02. The number of pyridine rings is 1. The summed E-state index contributed by atoms with van der Waals surface area (Å²) in [7, 11) is 0. The normalized spacial score (nSPS) is 9.71. The molecular formula is C16H10Br2N4O2. The Bertz CT molecular complexity index is 933. The number of fused-ring (bicyclic) bond motifs is 1. The third-order valence-electron chi connectivity index (χ3n) is 3.05. The summed E-state index contributed by atoms with van der Waals surface area (Å²) >= 11 is 6.70. The number of hydrogen-bond acceptors (Lipinski definition) is 5. The molecule has 1 heterocycles. The van der Waals surface area contributed by atoms with Crippen LogP contribution < -0.4 is 5.73 Å². The average Bonchev–Trinajstić information content (AvgIpc) is 2.58. The van der Waals surface area contributed by atoms with Crippen molar-refractivity contribution in [3.05, 3.63) is 73.3 Å². The molecule has 0 unspecified atom stereocenters. The van der Waals surface area contributed by atoms with Crippen LogP contribution in [0.3, 0.4) is 0 Å². The molecule has 24 heavy (non-hydrogen) atoms. The highest BCUT2D eigenvalue weighted by molar-refractivity contribution is 9.13. The highest BCUT2D eigenvalue weighted by Gasteiger charge is 2.10. The number of nitro groups is 1. The van der Waals surface area contributed by atoms with Crippen LogP contribution in [0.25, 0.3) is 10.9 Å². The van der Waals surface area contributed by atoms with E-state index in [-0.39, 0.29) is 16.9 Å². The topological polar surface area (TPSA) is 106 Å². The van der Waals surface area contributed by atoms with Crippen molar-refractivity contribution in [1.82, 2.24) is 4.98 Å². The first-order valence-corrected chi connectivity index (χ1v) is 8.15. The maximum atomic E-state index is 10.6. The van der Waals surface area contributed by atoms with E-state index in [2.05, 4.69) is 36.8 Å². The number of nitrogens with zero attached hydrogens (tertiary/aromatic N) is 3. The largest absolute Gasteiger partial charge is 0.397 e. The van der Waals surface area contributed by atoms with Crippen LogP contribution in [0.4, 0.5) is 11.4 Å². The standard InChI is InChI=1S/C10H6N4O2.C6H4Br2/c11-4-6-5-13-9-2-1-7(14(15)16)3-8(9)10(6)12;7-5-3-1-2-4-6(5)8/h1-3,5H,(H2,12,13);1-4H. The fourth-order valence-electron chi connectivity index (χ4n) is 1.84. The first kappa shape index (κ1) is 17.8. The van der Waals surface area contributed by atoms with Crippen LogP contribution >= 0.6 is 31.9 Å². The summed E-state index contributed by atoms with van der Waals surface area (Å²) in [5, 5.41) is 19.8. The summed E-state index contributed by atoms with van der Waals surface area (Å²) < 4.78 is 2.19. The number of hydrogen-bond donors (Lipinski definition) is 1. The number of nitrogen functional groups attached to an aromatic ring is 1. The van der Waals surface area contributed by atoms with Crippen molar-refractivity contribution in [1.29, 1.82) is 5.26 Å². The zero-order valence-corrected chi connectivity index (χ0v) is 15.3. The van der Waals surface area contributed by atoms with Crippen LogP contribution in [0, 0.1) is 21.4 Å². The summed E-state index contributed by atoms with van der Waals surface area (Å²) in [6, 6.07) is 14.0. The van der Waals surface area contributed by atoms with Crippen LogP contribution in [-0.2, 0) is 0 Å². The molecule has 0 aliphatic heterocycles. The van der Waals surface area contributed by atoms with Gasteiger partial charge in [-0.15, -0.1) is 0 Å². The van der Waals surface area contributed by atoms with E-state index in [4.69, 9.17) is 11.0 Å². The molecule has 0 aliphatic carbocycles. The smallest absolute Gasteiger partial charge is 0.270 e. The lowest BCUT2D eigenvalue weighted by atomic mass is 10.1. The average molecular weight is 450 g/mol. The van der Waals surface area contributed by atoms with E-state index in [1.807, 2.05) is 30.3 Å². The predicted molar refractivity (Wildman–Crippen MR) is 99.4 cm³/mol. The third-order valence-corrected chi connectivity index (χ3v) is 4.96. The monoisotopic (exact) mass is 448 g/mol. The minimum atomic E-state index is -0.516. The summed E-state index contributed by atoms with van der Waals surface area (Å²) in [5.74, 6) is 0. The molecule has 0 saturated carbocycles. The quantitative estimate of drug-likeness (QED) is 0.423. The fraction of sp³-hybridized carbons (Fsp3) is 0. The number of nitro benzene ring substituents is 1. The highest BCUT2D eigenvalue weighted by atomic mass is 79.9. The van der Waals surface area contributed by atoms with E-state index in [1.54, 1.807) is 0 Å². The van der Waals surface area contributed by atoms with Gasteiger partial charge in [-0.1, -0.05) is 12.1 Å². The number of halogens is 2. The molecule has 2 aromatic carbocycles. The van der Waals surface area contributed by atoms with E-state index < -0.39 is 4.92 Å². The van der Waals surface area contributed by atoms with E-state index >= 15 is 0 Å². The molecule has 1 aromatic heterocycles. The van der Waals surface area contributed by atoms with E-state index in [9.17, 15) is 10.1 Å². The van der Waals surface area contributed by atoms with Gasteiger partial charge < -0.3 is 5.73 Å². The van der Waals surface area contributed by atoms with Crippen molar-refractivity contribution in [3.63, 3.8) is 0 Å². The van der Waals surface area contributed by atoms with Gasteiger partial charge in [-0.25, -0.2) is 0 Å². The van der Waals surface area contributed by atoms with Gasteiger partial charge in [0.25, 0.3) is 5.69 Å². The zero-order chi connectivity index (χ0) is 17.7. The predicted octanol–water partition coefficient (Wildman–Crippen LogP) is 4.81. The Labute approximate surface area is 154 Å².